The number of carbonyl (C=O) groups excluding carboxylic acids is 2. The van der Waals surface area contributed by atoms with Gasteiger partial charge in [-0.15, -0.1) is 11.8 Å². The molecule has 34 heavy (non-hydrogen) atoms. The lowest BCUT2D eigenvalue weighted by molar-refractivity contribution is -0.140. The smallest absolute Gasteiger partial charge is 0.243 e. The zero-order chi connectivity index (χ0) is 24.3. The standard InChI is InChI=1S/C27H28BrClN2O2S/c1-2-30-27(33)25(18-20-7-4-3-5-8-20)31(19-21-9-6-10-22(28)17-21)26(32)15-16-34-24-13-11-23(29)12-14-24/h3-14,17,25H,2,15-16,18-19H2,1H3,(H,30,33). The molecule has 0 spiro atoms. The van der Waals surface area contributed by atoms with Gasteiger partial charge in [0.15, 0.2) is 0 Å². The number of nitrogens with one attached hydrogen (secondary N) is 1. The van der Waals surface area contributed by atoms with Crippen molar-refractivity contribution in [2.24, 2.45) is 0 Å². The van der Waals surface area contributed by atoms with Crippen molar-refractivity contribution >= 4 is 51.1 Å². The molecule has 1 unspecified atom stereocenters. The quantitative estimate of drug-likeness (QED) is 0.278. The molecule has 0 bridgehead atoms. The van der Waals surface area contributed by atoms with Crippen LogP contribution >= 0.6 is 39.3 Å². The summed E-state index contributed by atoms with van der Waals surface area (Å²) in [4.78, 5) is 29.4. The van der Waals surface area contributed by atoms with Crippen molar-refractivity contribution in [2.75, 3.05) is 12.3 Å². The number of hydrogen-bond acceptors (Lipinski definition) is 3. The van der Waals surface area contributed by atoms with E-state index in [0.717, 1.165) is 20.5 Å². The summed E-state index contributed by atoms with van der Waals surface area (Å²) in [5, 5.41) is 3.61. The van der Waals surface area contributed by atoms with E-state index in [0.29, 0.717) is 36.7 Å². The predicted octanol–water partition coefficient (Wildman–Crippen LogP) is 6.36. The third kappa shape index (κ3) is 8.19. The van der Waals surface area contributed by atoms with Crippen LogP contribution in [0.1, 0.15) is 24.5 Å². The summed E-state index contributed by atoms with van der Waals surface area (Å²) < 4.78 is 0.938. The number of amides is 2. The van der Waals surface area contributed by atoms with E-state index in [1.165, 1.54) is 0 Å². The van der Waals surface area contributed by atoms with Gasteiger partial charge >= 0.3 is 0 Å². The second-order valence-electron chi connectivity index (χ2n) is 7.80. The minimum Gasteiger partial charge on any atom is -0.355 e. The Bertz CT molecular complexity index is 1080. The van der Waals surface area contributed by atoms with E-state index >= 15 is 0 Å². The molecule has 0 saturated heterocycles. The van der Waals surface area contributed by atoms with E-state index in [4.69, 9.17) is 11.6 Å². The normalized spacial score (nSPS) is 11.6. The van der Waals surface area contributed by atoms with Crippen molar-refractivity contribution in [3.05, 3.63) is 99.5 Å². The Morgan fingerprint density at radius 2 is 1.71 bits per heavy atom. The van der Waals surface area contributed by atoms with Crippen LogP contribution in [0.3, 0.4) is 0 Å². The monoisotopic (exact) mass is 558 g/mol. The van der Waals surface area contributed by atoms with Gasteiger partial charge in [0, 0.05) is 46.1 Å². The average Bonchev–Trinajstić information content (AvgIpc) is 2.83. The fourth-order valence-electron chi connectivity index (χ4n) is 3.61. The first kappa shape index (κ1) is 26.3. The zero-order valence-electron chi connectivity index (χ0n) is 19.0. The molecule has 0 fully saturated rings. The lowest BCUT2D eigenvalue weighted by Gasteiger charge is -2.31. The molecular weight excluding hydrogens is 532 g/mol. The second-order valence-corrected chi connectivity index (χ2v) is 10.3. The van der Waals surface area contributed by atoms with Crippen LogP contribution in [0.15, 0.2) is 88.2 Å². The van der Waals surface area contributed by atoms with Crippen LogP contribution in [0.2, 0.25) is 5.02 Å². The first-order valence-corrected chi connectivity index (χ1v) is 13.4. The molecule has 3 aromatic rings. The van der Waals surface area contributed by atoms with E-state index in [2.05, 4.69) is 21.2 Å². The number of halogens is 2. The highest BCUT2D eigenvalue weighted by atomic mass is 79.9. The number of benzene rings is 3. The van der Waals surface area contributed by atoms with Gasteiger partial charge in [0.1, 0.15) is 6.04 Å². The Morgan fingerprint density at radius 3 is 2.38 bits per heavy atom. The van der Waals surface area contributed by atoms with Gasteiger partial charge in [-0.1, -0.05) is 70.0 Å². The van der Waals surface area contributed by atoms with Gasteiger partial charge in [0.25, 0.3) is 0 Å². The summed E-state index contributed by atoms with van der Waals surface area (Å²) >= 11 is 11.1. The minimum atomic E-state index is -0.602. The summed E-state index contributed by atoms with van der Waals surface area (Å²) in [5.74, 6) is 0.428. The highest BCUT2D eigenvalue weighted by molar-refractivity contribution is 9.10. The number of hydrogen-bond donors (Lipinski definition) is 1. The van der Waals surface area contributed by atoms with Crippen LogP contribution in [0, 0.1) is 0 Å². The molecule has 4 nitrogen and oxygen atoms in total. The van der Waals surface area contributed by atoms with Gasteiger partial charge in [0.05, 0.1) is 0 Å². The van der Waals surface area contributed by atoms with Crippen LogP contribution in [-0.2, 0) is 22.6 Å². The molecule has 0 aliphatic heterocycles. The third-order valence-corrected chi connectivity index (χ3v) is 7.02. The molecule has 7 heteroatoms. The van der Waals surface area contributed by atoms with Gasteiger partial charge in [-0.3, -0.25) is 9.59 Å². The SMILES string of the molecule is CCNC(=O)C(Cc1ccccc1)N(Cc1cccc(Br)c1)C(=O)CCSc1ccc(Cl)cc1. The lowest BCUT2D eigenvalue weighted by Crippen LogP contribution is -2.50. The Balaban J connectivity index is 1.81. The molecule has 0 heterocycles. The molecule has 1 N–H and O–H groups in total. The van der Waals surface area contributed by atoms with Gasteiger partial charge < -0.3 is 10.2 Å². The summed E-state index contributed by atoms with van der Waals surface area (Å²) in [5.41, 5.74) is 1.98. The maximum absolute atomic E-state index is 13.5. The Labute approximate surface area is 219 Å². The summed E-state index contributed by atoms with van der Waals surface area (Å²) in [6, 6.07) is 24.7. The molecule has 0 aliphatic carbocycles. The van der Waals surface area contributed by atoms with Crippen molar-refractivity contribution < 1.29 is 9.59 Å². The highest BCUT2D eigenvalue weighted by Gasteiger charge is 2.29. The Kier molecular flexibility index (Phi) is 10.5. The number of thioether (sulfide) groups is 1. The maximum atomic E-state index is 13.5. The van der Waals surface area contributed by atoms with Crippen LogP contribution in [0.4, 0.5) is 0 Å². The first-order chi connectivity index (χ1) is 16.5. The molecule has 3 aromatic carbocycles. The van der Waals surface area contributed by atoms with Crippen molar-refractivity contribution in [1.82, 2.24) is 10.2 Å². The molecule has 0 aromatic heterocycles. The summed E-state index contributed by atoms with van der Waals surface area (Å²) in [6.45, 7) is 2.76. The van der Waals surface area contributed by atoms with E-state index in [1.807, 2.05) is 85.8 Å². The fourth-order valence-corrected chi connectivity index (χ4v) is 5.02. The van der Waals surface area contributed by atoms with Crippen LogP contribution < -0.4 is 5.32 Å². The van der Waals surface area contributed by atoms with E-state index in [1.54, 1.807) is 16.7 Å². The van der Waals surface area contributed by atoms with Crippen molar-refractivity contribution in [2.45, 2.75) is 37.2 Å². The number of nitrogens with zero attached hydrogens (tertiary/aromatic N) is 1. The van der Waals surface area contributed by atoms with Gasteiger partial charge in [0.2, 0.25) is 11.8 Å². The summed E-state index contributed by atoms with van der Waals surface area (Å²) in [7, 11) is 0. The number of rotatable bonds is 11. The molecule has 3 rings (SSSR count). The van der Waals surface area contributed by atoms with Crippen molar-refractivity contribution in [1.29, 1.82) is 0 Å². The Morgan fingerprint density at radius 1 is 1.00 bits per heavy atom. The van der Waals surface area contributed by atoms with Gasteiger partial charge in [-0.25, -0.2) is 0 Å². The van der Waals surface area contributed by atoms with Crippen molar-refractivity contribution in [3.63, 3.8) is 0 Å². The molecular formula is C27H28BrClN2O2S. The molecule has 1 atom stereocenters. The zero-order valence-corrected chi connectivity index (χ0v) is 22.2. The Hall–Kier alpha value is -2.28. The van der Waals surface area contributed by atoms with E-state index in [-0.39, 0.29) is 11.8 Å². The molecule has 0 saturated carbocycles. The fraction of sp³-hybridized carbons (Fsp3) is 0.259. The van der Waals surface area contributed by atoms with Crippen molar-refractivity contribution in [3.8, 4) is 0 Å². The van der Waals surface area contributed by atoms with Gasteiger partial charge in [-0.05, 0) is 54.4 Å². The van der Waals surface area contributed by atoms with Crippen LogP contribution in [-0.4, -0.2) is 35.1 Å². The van der Waals surface area contributed by atoms with Crippen LogP contribution in [0.25, 0.3) is 0 Å². The summed E-state index contributed by atoms with van der Waals surface area (Å²) in [6.07, 6.45) is 0.780. The number of likely N-dealkylation sites (N-methyl/N-ethyl adjacent to an activating group) is 1. The molecule has 178 valence electrons. The topological polar surface area (TPSA) is 49.4 Å². The largest absolute Gasteiger partial charge is 0.355 e. The maximum Gasteiger partial charge on any atom is 0.243 e. The van der Waals surface area contributed by atoms with E-state index in [9.17, 15) is 9.59 Å². The first-order valence-electron chi connectivity index (χ1n) is 11.2. The third-order valence-electron chi connectivity index (χ3n) is 5.26. The van der Waals surface area contributed by atoms with Gasteiger partial charge in [-0.2, -0.15) is 0 Å². The lowest BCUT2D eigenvalue weighted by atomic mass is 10.0. The number of carbonyl (C=O) groups is 2. The van der Waals surface area contributed by atoms with Crippen LogP contribution in [0.5, 0.6) is 0 Å². The second kappa shape index (κ2) is 13.6. The molecule has 2 amide bonds. The minimum absolute atomic E-state index is 0.0476. The average molecular weight is 560 g/mol. The van der Waals surface area contributed by atoms with E-state index < -0.39 is 6.04 Å². The predicted molar refractivity (Wildman–Crippen MR) is 144 cm³/mol. The molecule has 0 radical (unpaired) electrons. The molecule has 0 aliphatic rings. The highest BCUT2D eigenvalue weighted by Crippen LogP contribution is 2.23.